The molecule has 0 saturated heterocycles. The second-order valence-electron chi connectivity index (χ2n) is 4.25. The summed E-state index contributed by atoms with van der Waals surface area (Å²) in [6.45, 7) is 4.13. The van der Waals surface area contributed by atoms with Gasteiger partial charge < -0.3 is 62.9 Å². The quantitative estimate of drug-likeness (QED) is 0.358. The van der Waals surface area contributed by atoms with E-state index in [4.69, 9.17) is 4.74 Å². The van der Waals surface area contributed by atoms with Crippen molar-refractivity contribution >= 4 is 11.8 Å². The van der Waals surface area contributed by atoms with E-state index in [0.717, 1.165) is 39.0 Å². The van der Waals surface area contributed by atoms with Gasteiger partial charge >= 0.3 is 17.1 Å². The van der Waals surface area contributed by atoms with E-state index in [0.29, 0.717) is 13.1 Å². The Hall–Kier alpha value is -0.861. The van der Waals surface area contributed by atoms with Gasteiger partial charge in [0.15, 0.2) is 0 Å². The number of ether oxygens (including phenoxy) is 1. The van der Waals surface area contributed by atoms with Gasteiger partial charge in [0, 0.05) is 26.2 Å². The minimum Gasteiger partial charge on any atom is -0.860 e. The van der Waals surface area contributed by atoms with Gasteiger partial charge in [-0.15, -0.1) is 0 Å². The first-order chi connectivity index (χ1) is 9.29. The molecular formula is C12H32CuN4O8. The van der Waals surface area contributed by atoms with Gasteiger partial charge in [0.25, 0.3) is 0 Å². The van der Waals surface area contributed by atoms with Crippen molar-refractivity contribution in [1.82, 2.24) is 10.6 Å². The third kappa shape index (κ3) is 25.5. The molecule has 0 amide bonds. The molecule has 1 radical (unpaired) electrons. The fourth-order valence-electron chi connectivity index (χ4n) is 1.56. The molecular weight excluding hydrogens is 392 g/mol. The van der Waals surface area contributed by atoms with Gasteiger partial charge in [0.05, 0.1) is 13.2 Å². The molecule has 1 aliphatic heterocycles. The molecule has 13 heteroatoms. The molecule has 0 spiro atoms. The molecule has 25 heavy (non-hydrogen) atoms. The van der Waals surface area contributed by atoms with Crippen molar-refractivity contribution in [1.29, 1.82) is 0 Å². The Morgan fingerprint density at radius 2 is 1.04 bits per heavy atom. The second kappa shape index (κ2) is 28.0. The molecule has 0 saturated carbocycles. The number of hydrogen-bond acceptors (Lipinski definition) is 7. The zero-order valence-electron chi connectivity index (χ0n) is 14.0. The molecule has 0 bridgehead atoms. The zero-order chi connectivity index (χ0) is 13.8. The van der Waals surface area contributed by atoms with Crippen LogP contribution in [-0.4, -0.2) is 91.7 Å². The molecule has 12 N–H and O–H groups in total. The van der Waals surface area contributed by atoms with Crippen LogP contribution in [0.4, 0.5) is 0 Å². The first-order valence-electron chi connectivity index (χ1n) is 6.69. The molecule has 0 aromatic rings. The molecule has 159 valence electrons. The SMILES string of the molecule is O.O.O.O.O.[Cu+2].[O-]C1=NCCCNCCNCCCN=C([O-])COC1. The van der Waals surface area contributed by atoms with Crippen LogP contribution < -0.4 is 20.8 Å². The van der Waals surface area contributed by atoms with Gasteiger partial charge in [-0.1, -0.05) is 0 Å². The minimum absolute atomic E-state index is 0. The van der Waals surface area contributed by atoms with Gasteiger partial charge in [-0.25, -0.2) is 0 Å². The maximum atomic E-state index is 11.3. The van der Waals surface area contributed by atoms with Crippen LogP contribution in [0.3, 0.4) is 0 Å². The summed E-state index contributed by atoms with van der Waals surface area (Å²) in [6.07, 6.45) is 1.64. The molecule has 1 rings (SSSR count). The summed E-state index contributed by atoms with van der Waals surface area (Å²) in [5, 5.41) is 29.1. The average molecular weight is 424 g/mol. The van der Waals surface area contributed by atoms with E-state index in [2.05, 4.69) is 20.6 Å². The summed E-state index contributed by atoms with van der Waals surface area (Å²) in [7, 11) is 0. The number of hydrogen-bond donors (Lipinski definition) is 2. The smallest absolute Gasteiger partial charge is 0.860 e. The summed E-state index contributed by atoms with van der Waals surface area (Å²) in [6, 6.07) is 0. The first kappa shape index (κ1) is 39.3. The first-order valence-corrected chi connectivity index (χ1v) is 6.69. The number of aliphatic imine (C=N–C) groups is 2. The van der Waals surface area contributed by atoms with Crippen LogP contribution in [0, 0.1) is 0 Å². The van der Waals surface area contributed by atoms with Crippen LogP contribution in [0.5, 0.6) is 0 Å². The van der Waals surface area contributed by atoms with Crippen LogP contribution in [0.25, 0.3) is 0 Å². The predicted molar refractivity (Wildman–Crippen MR) is 88.5 cm³/mol. The molecule has 0 aromatic heterocycles. The van der Waals surface area contributed by atoms with Crippen LogP contribution in [-0.2, 0) is 21.8 Å². The van der Waals surface area contributed by atoms with E-state index < -0.39 is 0 Å². The Kier molecular flexibility index (Phi) is 43.9. The van der Waals surface area contributed by atoms with Crippen molar-refractivity contribution in [2.75, 3.05) is 52.5 Å². The van der Waals surface area contributed by atoms with Crippen molar-refractivity contribution in [3.8, 4) is 0 Å². The normalized spacial score (nSPS) is 16.8. The maximum absolute atomic E-state index is 11.3. The monoisotopic (exact) mass is 423 g/mol. The summed E-state index contributed by atoms with van der Waals surface area (Å²) >= 11 is 0. The van der Waals surface area contributed by atoms with E-state index in [1.807, 2.05) is 0 Å². The van der Waals surface area contributed by atoms with Gasteiger partial charge in [-0.05, 0) is 37.7 Å². The van der Waals surface area contributed by atoms with Crippen LogP contribution >= 0.6 is 0 Å². The Bertz CT molecular complexity index is 283. The van der Waals surface area contributed by atoms with Gasteiger partial charge in [-0.2, -0.15) is 0 Å². The van der Waals surface area contributed by atoms with E-state index >= 15 is 0 Å². The average Bonchev–Trinajstić information content (AvgIpc) is 2.39. The molecule has 1 aliphatic rings. The van der Waals surface area contributed by atoms with Gasteiger partial charge in [0.2, 0.25) is 0 Å². The van der Waals surface area contributed by atoms with Gasteiger partial charge in [0.1, 0.15) is 0 Å². The van der Waals surface area contributed by atoms with E-state index in [1.54, 1.807) is 0 Å². The summed E-state index contributed by atoms with van der Waals surface area (Å²) in [5.74, 6) is -0.641. The summed E-state index contributed by atoms with van der Waals surface area (Å²) in [4.78, 5) is 7.67. The third-order valence-electron chi connectivity index (χ3n) is 2.53. The molecule has 0 aromatic carbocycles. The molecule has 0 fully saturated rings. The number of nitrogens with one attached hydrogen (secondary N) is 2. The summed E-state index contributed by atoms with van der Waals surface area (Å²) in [5.41, 5.74) is 0. The van der Waals surface area contributed by atoms with Crippen molar-refractivity contribution < 1.29 is 59.4 Å². The van der Waals surface area contributed by atoms with E-state index in [-0.39, 0.29) is 69.5 Å². The molecule has 0 unspecified atom stereocenters. The van der Waals surface area contributed by atoms with Gasteiger partial charge in [-0.3, -0.25) is 0 Å². The predicted octanol–water partition coefficient (Wildman–Crippen LogP) is -6.63. The van der Waals surface area contributed by atoms with Crippen molar-refractivity contribution in [3.05, 3.63) is 0 Å². The molecule has 1 heterocycles. The Labute approximate surface area is 157 Å². The van der Waals surface area contributed by atoms with Crippen molar-refractivity contribution in [3.63, 3.8) is 0 Å². The molecule has 0 atom stereocenters. The number of nitrogens with zero attached hydrogens (tertiary/aromatic N) is 2. The Balaban J connectivity index is -0.000000150. The maximum Gasteiger partial charge on any atom is 2.00 e. The topological polar surface area (TPSA) is 262 Å². The minimum atomic E-state index is -0.321. The number of rotatable bonds is 0. The molecule has 0 aliphatic carbocycles. The fraction of sp³-hybridized carbons (Fsp3) is 0.833. The van der Waals surface area contributed by atoms with Crippen LogP contribution in [0.15, 0.2) is 9.98 Å². The Morgan fingerprint density at radius 3 is 1.40 bits per heavy atom. The van der Waals surface area contributed by atoms with E-state index in [9.17, 15) is 10.2 Å². The van der Waals surface area contributed by atoms with Crippen molar-refractivity contribution in [2.24, 2.45) is 9.98 Å². The Morgan fingerprint density at radius 1 is 0.680 bits per heavy atom. The third-order valence-corrected chi connectivity index (χ3v) is 2.53. The van der Waals surface area contributed by atoms with Crippen LogP contribution in [0.1, 0.15) is 12.8 Å². The zero-order valence-corrected chi connectivity index (χ0v) is 14.9. The standard InChI is InChI=1S/C12H24N4O3.Cu.5H2O/c17-11-9-19-10-12(18)16-6-2-4-14-8-7-13-3-1-5-15-11;;;;;;/h13-14H,1-10H2,(H,15,17)(H,16,18);;5*1H2/q;+2;;;;;/p-2. The largest absolute Gasteiger partial charge is 2.00 e. The fourth-order valence-corrected chi connectivity index (χ4v) is 1.56. The van der Waals surface area contributed by atoms with Crippen molar-refractivity contribution in [2.45, 2.75) is 12.8 Å². The second-order valence-corrected chi connectivity index (χ2v) is 4.25. The van der Waals surface area contributed by atoms with E-state index in [1.165, 1.54) is 0 Å². The molecule has 12 nitrogen and oxygen atoms in total. The summed E-state index contributed by atoms with van der Waals surface area (Å²) < 4.78 is 4.97. The van der Waals surface area contributed by atoms with Crippen LogP contribution in [0.2, 0.25) is 0 Å².